The fourth-order valence-corrected chi connectivity index (χ4v) is 2.49. The first-order valence-electron chi connectivity index (χ1n) is 5.46. The highest BCUT2D eigenvalue weighted by atomic mass is 19.4. The van der Waals surface area contributed by atoms with Gasteiger partial charge in [-0.2, -0.15) is 13.2 Å². The van der Waals surface area contributed by atoms with E-state index in [1.54, 1.807) is 4.90 Å². The summed E-state index contributed by atoms with van der Waals surface area (Å²) in [5.74, 6) is 0. The van der Waals surface area contributed by atoms with Crippen LogP contribution in [0.15, 0.2) is 0 Å². The molecule has 3 atom stereocenters. The molecule has 2 N–H and O–H groups in total. The van der Waals surface area contributed by atoms with E-state index < -0.39 is 12.2 Å². The first kappa shape index (κ1) is 12.8. The van der Waals surface area contributed by atoms with Crippen molar-refractivity contribution in [2.75, 3.05) is 6.54 Å². The molecule has 0 amide bonds. The molecule has 5 heteroatoms. The molecule has 15 heavy (non-hydrogen) atoms. The normalized spacial score (nSPS) is 30.8. The smallest absolute Gasteiger partial charge is 0.329 e. The number of halogens is 3. The van der Waals surface area contributed by atoms with Gasteiger partial charge in [0.05, 0.1) is 0 Å². The lowest BCUT2D eigenvalue weighted by Gasteiger charge is -2.36. The molecule has 0 bridgehead atoms. The molecule has 0 saturated carbocycles. The molecule has 1 aliphatic heterocycles. The lowest BCUT2D eigenvalue weighted by molar-refractivity contribution is -0.187. The second-order valence-electron chi connectivity index (χ2n) is 4.23. The van der Waals surface area contributed by atoms with Crippen LogP contribution in [0, 0.1) is 0 Å². The molecular weight excluding hydrogens is 205 g/mol. The minimum atomic E-state index is -4.21. The minimum Gasteiger partial charge on any atom is -0.329 e. The molecule has 1 rings (SSSR count). The number of nitrogens with zero attached hydrogens (tertiary/aromatic N) is 1. The fraction of sp³-hybridized carbons (Fsp3) is 1.00. The van der Waals surface area contributed by atoms with E-state index in [0.29, 0.717) is 0 Å². The monoisotopic (exact) mass is 224 g/mol. The number of nitrogens with two attached hydrogens (primary N) is 1. The van der Waals surface area contributed by atoms with Crippen LogP contribution in [-0.4, -0.2) is 35.7 Å². The Morgan fingerprint density at radius 3 is 2.40 bits per heavy atom. The highest BCUT2D eigenvalue weighted by Gasteiger charge is 2.47. The number of likely N-dealkylation sites (tertiary alicyclic amines) is 1. The lowest BCUT2D eigenvalue weighted by atomic mass is 10.1. The summed E-state index contributed by atoms with van der Waals surface area (Å²) in [6.07, 6.45) is -1.76. The Kier molecular flexibility index (Phi) is 4.00. The van der Waals surface area contributed by atoms with Crippen molar-refractivity contribution in [2.24, 2.45) is 5.73 Å². The maximum Gasteiger partial charge on any atom is 0.405 e. The zero-order valence-corrected chi connectivity index (χ0v) is 9.22. The molecule has 2 nitrogen and oxygen atoms in total. The summed E-state index contributed by atoms with van der Waals surface area (Å²) in [7, 11) is 0. The van der Waals surface area contributed by atoms with Gasteiger partial charge in [0.15, 0.2) is 0 Å². The Morgan fingerprint density at radius 2 is 2.00 bits per heavy atom. The second kappa shape index (κ2) is 4.70. The maximum absolute atomic E-state index is 12.7. The van der Waals surface area contributed by atoms with Gasteiger partial charge in [-0.05, 0) is 26.2 Å². The molecule has 90 valence electrons. The first-order valence-corrected chi connectivity index (χ1v) is 5.46. The van der Waals surface area contributed by atoms with Gasteiger partial charge >= 0.3 is 6.18 Å². The SMILES string of the molecule is CCC1CCC(C)N1C(CN)C(F)(F)F. The highest BCUT2D eigenvalue weighted by Crippen LogP contribution is 2.34. The predicted octanol–water partition coefficient (Wildman–Crippen LogP) is 2.14. The summed E-state index contributed by atoms with van der Waals surface area (Å²) in [4.78, 5) is 1.56. The molecule has 0 spiro atoms. The van der Waals surface area contributed by atoms with Gasteiger partial charge in [-0.1, -0.05) is 6.92 Å². The second-order valence-corrected chi connectivity index (χ2v) is 4.23. The Hall–Kier alpha value is -0.290. The molecule has 0 aromatic heterocycles. The number of hydrogen-bond donors (Lipinski definition) is 1. The topological polar surface area (TPSA) is 29.3 Å². The fourth-order valence-electron chi connectivity index (χ4n) is 2.49. The third-order valence-corrected chi connectivity index (χ3v) is 3.28. The van der Waals surface area contributed by atoms with Gasteiger partial charge in [-0.3, -0.25) is 4.90 Å². The van der Waals surface area contributed by atoms with E-state index >= 15 is 0 Å². The molecule has 1 fully saturated rings. The van der Waals surface area contributed by atoms with Gasteiger partial charge in [-0.25, -0.2) is 0 Å². The van der Waals surface area contributed by atoms with Crippen LogP contribution >= 0.6 is 0 Å². The molecule has 3 unspecified atom stereocenters. The number of hydrogen-bond acceptors (Lipinski definition) is 2. The van der Waals surface area contributed by atoms with Crippen LogP contribution in [0.5, 0.6) is 0 Å². The van der Waals surface area contributed by atoms with Crippen molar-refractivity contribution < 1.29 is 13.2 Å². The summed E-state index contributed by atoms with van der Waals surface area (Å²) in [5.41, 5.74) is 5.26. The Morgan fingerprint density at radius 1 is 1.40 bits per heavy atom. The molecular formula is C10H19F3N2. The van der Waals surface area contributed by atoms with E-state index in [0.717, 1.165) is 19.3 Å². The van der Waals surface area contributed by atoms with E-state index in [1.807, 2.05) is 13.8 Å². The molecule has 1 aliphatic rings. The molecule has 1 saturated heterocycles. The molecule has 0 radical (unpaired) electrons. The average molecular weight is 224 g/mol. The van der Waals surface area contributed by atoms with Crippen molar-refractivity contribution >= 4 is 0 Å². The van der Waals surface area contributed by atoms with Gasteiger partial charge in [0, 0.05) is 18.6 Å². The summed E-state index contributed by atoms with van der Waals surface area (Å²) >= 11 is 0. The third-order valence-electron chi connectivity index (χ3n) is 3.28. The van der Waals surface area contributed by atoms with Crippen molar-refractivity contribution in [3.05, 3.63) is 0 Å². The maximum atomic E-state index is 12.7. The Balaban J connectivity index is 2.81. The van der Waals surface area contributed by atoms with Crippen LogP contribution in [-0.2, 0) is 0 Å². The van der Waals surface area contributed by atoms with Crippen molar-refractivity contribution in [2.45, 2.75) is 57.4 Å². The van der Waals surface area contributed by atoms with Crippen molar-refractivity contribution in [3.8, 4) is 0 Å². The molecule has 0 aromatic rings. The minimum absolute atomic E-state index is 0.00914. The standard InChI is InChI=1S/C10H19F3N2/c1-3-8-5-4-7(2)15(8)9(6-14)10(11,12)13/h7-9H,3-6,14H2,1-2H3. The first-order chi connectivity index (χ1) is 6.91. The van der Waals surface area contributed by atoms with Gasteiger partial charge in [0.25, 0.3) is 0 Å². The van der Waals surface area contributed by atoms with Gasteiger partial charge < -0.3 is 5.73 Å². The lowest BCUT2D eigenvalue weighted by Crippen LogP contribution is -2.54. The van der Waals surface area contributed by atoms with Gasteiger partial charge in [-0.15, -0.1) is 0 Å². The summed E-state index contributed by atoms with van der Waals surface area (Å²) < 4.78 is 38.2. The van der Waals surface area contributed by atoms with E-state index in [-0.39, 0.29) is 18.6 Å². The van der Waals surface area contributed by atoms with Crippen molar-refractivity contribution in [3.63, 3.8) is 0 Å². The van der Waals surface area contributed by atoms with Crippen LogP contribution in [0.2, 0.25) is 0 Å². The summed E-state index contributed by atoms with van der Waals surface area (Å²) in [5, 5.41) is 0. The van der Waals surface area contributed by atoms with Crippen LogP contribution in [0.4, 0.5) is 13.2 Å². The molecule has 0 aromatic carbocycles. The van der Waals surface area contributed by atoms with Gasteiger partial charge in [0.1, 0.15) is 6.04 Å². The number of rotatable bonds is 3. The Bertz CT molecular complexity index is 205. The van der Waals surface area contributed by atoms with Crippen LogP contribution in [0.1, 0.15) is 33.1 Å². The van der Waals surface area contributed by atoms with E-state index in [9.17, 15) is 13.2 Å². The summed E-state index contributed by atoms with van der Waals surface area (Å²) in [6.45, 7) is 3.44. The average Bonchev–Trinajstić information content (AvgIpc) is 2.47. The zero-order chi connectivity index (χ0) is 11.6. The Labute approximate surface area is 88.6 Å². The molecule has 1 heterocycles. The van der Waals surface area contributed by atoms with E-state index in [2.05, 4.69) is 0 Å². The predicted molar refractivity (Wildman–Crippen MR) is 53.5 cm³/mol. The van der Waals surface area contributed by atoms with Crippen LogP contribution in [0.25, 0.3) is 0 Å². The quantitative estimate of drug-likeness (QED) is 0.795. The van der Waals surface area contributed by atoms with Crippen LogP contribution < -0.4 is 5.73 Å². The highest BCUT2D eigenvalue weighted by molar-refractivity contribution is 4.92. The largest absolute Gasteiger partial charge is 0.405 e. The van der Waals surface area contributed by atoms with E-state index in [1.165, 1.54) is 0 Å². The van der Waals surface area contributed by atoms with E-state index in [4.69, 9.17) is 5.73 Å². The van der Waals surface area contributed by atoms with Crippen molar-refractivity contribution in [1.82, 2.24) is 4.90 Å². The van der Waals surface area contributed by atoms with Gasteiger partial charge in [0.2, 0.25) is 0 Å². The third kappa shape index (κ3) is 2.64. The van der Waals surface area contributed by atoms with Crippen LogP contribution in [0.3, 0.4) is 0 Å². The summed E-state index contributed by atoms with van der Waals surface area (Å²) in [6, 6.07) is -1.44. The van der Waals surface area contributed by atoms with Crippen molar-refractivity contribution in [1.29, 1.82) is 0 Å². The zero-order valence-electron chi connectivity index (χ0n) is 9.22. The molecule has 0 aliphatic carbocycles. The number of alkyl halides is 3.